The Morgan fingerprint density at radius 3 is 2.69 bits per heavy atom. The number of hydrogen-bond donors (Lipinski definition) is 2. The van der Waals surface area contributed by atoms with E-state index in [1.807, 2.05) is 6.92 Å². The Morgan fingerprint density at radius 2 is 1.97 bits per heavy atom. The number of anilines is 1. The number of nitrogens with two attached hydrogens (primary N) is 1. The van der Waals surface area contributed by atoms with E-state index in [1.54, 1.807) is 13.0 Å². The van der Waals surface area contributed by atoms with E-state index in [0.29, 0.717) is 17.9 Å². The summed E-state index contributed by atoms with van der Waals surface area (Å²) >= 11 is 0. The van der Waals surface area contributed by atoms with Gasteiger partial charge in [-0.05, 0) is 31.9 Å². The third kappa shape index (κ3) is 4.92. The Bertz CT molecular complexity index is 1050. The first-order chi connectivity index (χ1) is 13.6. The number of aryl methyl sites for hydroxylation is 2. The fourth-order valence-corrected chi connectivity index (χ4v) is 2.98. The van der Waals surface area contributed by atoms with Gasteiger partial charge in [-0.2, -0.15) is 9.50 Å². The second-order valence-electron chi connectivity index (χ2n) is 6.38. The van der Waals surface area contributed by atoms with Crippen LogP contribution in [0.5, 0.6) is 5.75 Å². The lowest BCUT2D eigenvalue weighted by Crippen LogP contribution is -2.25. The summed E-state index contributed by atoms with van der Waals surface area (Å²) in [5.74, 6) is -0.171. The first-order valence-corrected chi connectivity index (χ1v) is 8.72. The van der Waals surface area contributed by atoms with Crippen molar-refractivity contribution in [1.29, 1.82) is 0 Å². The van der Waals surface area contributed by atoms with Gasteiger partial charge in [0.2, 0.25) is 11.9 Å². The molecule has 29 heavy (non-hydrogen) atoms. The Morgan fingerprint density at radius 1 is 1.24 bits per heavy atom. The van der Waals surface area contributed by atoms with Crippen LogP contribution in [0.15, 0.2) is 24.3 Å². The Labute approximate surface area is 163 Å². The van der Waals surface area contributed by atoms with Gasteiger partial charge >= 0.3 is 6.36 Å². The molecule has 0 unspecified atom stereocenters. The maximum atomic E-state index is 12.5. The Kier molecular flexibility index (Phi) is 5.57. The number of para-hydroxylation sites is 1. The lowest BCUT2D eigenvalue weighted by atomic mass is 10.1. The van der Waals surface area contributed by atoms with E-state index in [4.69, 9.17) is 5.73 Å². The van der Waals surface area contributed by atoms with E-state index in [-0.39, 0.29) is 36.1 Å². The molecule has 0 fully saturated rings. The molecule has 8 nitrogen and oxygen atoms in total. The van der Waals surface area contributed by atoms with Crippen LogP contribution in [0.25, 0.3) is 5.78 Å². The zero-order valence-corrected chi connectivity index (χ0v) is 15.7. The highest BCUT2D eigenvalue weighted by Crippen LogP contribution is 2.26. The Hall–Kier alpha value is -3.37. The minimum atomic E-state index is -4.80. The minimum Gasteiger partial charge on any atom is -0.405 e. The van der Waals surface area contributed by atoms with Crippen molar-refractivity contribution in [2.75, 3.05) is 5.73 Å². The summed E-state index contributed by atoms with van der Waals surface area (Å²) in [6, 6.07) is 5.66. The van der Waals surface area contributed by atoms with Crippen LogP contribution in [0.1, 0.15) is 28.9 Å². The summed E-state index contributed by atoms with van der Waals surface area (Å²) in [5.41, 5.74) is 8.14. The number of carbonyl (C=O) groups is 1. The van der Waals surface area contributed by atoms with E-state index in [0.717, 1.165) is 11.3 Å². The summed E-state index contributed by atoms with van der Waals surface area (Å²) in [6.07, 6.45) is -4.29. The lowest BCUT2D eigenvalue weighted by molar-refractivity contribution is -0.274. The number of aromatic nitrogens is 4. The summed E-state index contributed by atoms with van der Waals surface area (Å²) in [5, 5.41) is 6.69. The third-order valence-electron chi connectivity index (χ3n) is 4.34. The molecule has 154 valence electrons. The largest absolute Gasteiger partial charge is 0.573 e. The number of ether oxygens (including phenoxy) is 1. The van der Waals surface area contributed by atoms with Gasteiger partial charge in [-0.1, -0.05) is 18.2 Å². The third-order valence-corrected chi connectivity index (χ3v) is 4.34. The second kappa shape index (κ2) is 7.94. The molecular formula is C18H19F3N6O2. The number of benzene rings is 1. The van der Waals surface area contributed by atoms with Gasteiger partial charge in [-0.15, -0.1) is 18.3 Å². The van der Waals surface area contributed by atoms with Crippen LogP contribution < -0.4 is 15.8 Å². The van der Waals surface area contributed by atoms with Crippen LogP contribution in [0, 0.1) is 13.8 Å². The lowest BCUT2D eigenvalue weighted by Gasteiger charge is -2.14. The van der Waals surface area contributed by atoms with Crippen LogP contribution >= 0.6 is 0 Å². The molecule has 0 saturated heterocycles. The second-order valence-corrected chi connectivity index (χ2v) is 6.38. The molecule has 0 aliphatic rings. The number of halogens is 3. The molecule has 0 saturated carbocycles. The van der Waals surface area contributed by atoms with Gasteiger partial charge in [0.1, 0.15) is 5.75 Å². The number of alkyl halides is 3. The van der Waals surface area contributed by atoms with Crippen molar-refractivity contribution in [2.45, 2.75) is 39.6 Å². The summed E-state index contributed by atoms with van der Waals surface area (Å²) < 4.78 is 42.9. The highest BCUT2D eigenvalue weighted by Gasteiger charge is 2.32. The van der Waals surface area contributed by atoms with Crippen molar-refractivity contribution >= 4 is 17.6 Å². The molecule has 1 aromatic carbocycles. The molecule has 0 aliphatic carbocycles. The molecule has 3 rings (SSSR count). The van der Waals surface area contributed by atoms with E-state index < -0.39 is 6.36 Å². The van der Waals surface area contributed by atoms with Crippen molar-refractivity contribution in [3.8, 4) is 5.75 Å². The normalized spacial score (nSPS) is 11.6. The summed E-state index contributed by atoms with van der Waals surface area (Å²) in [4.78, 5) is 20.6. The van der Waals surface area contributed by atoms with E-state index in [2.05, 4.69) is 25.1 Å². The number of rotatable bonds is 6. The van der Waals surface area contributed by atoms with Crippen molar-refractivity contribution in [3.63, 3.8) is 0 Å². The molecule has 0 spiro atoms. The number of carbonyl (C=O) groups excluding carboxylic acids is 1. The van der Waals surface area contributed by atoms with E-state index in [9.17, 15) is 18.0 Å². The van der Waals surface area contributed by atoms with Gasteiger partial charge in [0.15, 0.2) is 0 Å². The van der Waals surface area contributed by atoms with Gasteiger partial charge in [0, 0.05) is 29.9 Å². The number of nitrogens with zero attached hydrogens (tertiary/aromatic N) is 4. The van der Waals surface area contributed by atoms with Gasteiger partial charge < -0.3 is 15.8 Å². The topological polar surface area (TPSA) is 107 Å². The SMILES string of the molecule is Cc1nc2nc(N)nn2c(C)c1CCC(=O)NCc1ccccc1OC(F)(F)F. The first-order valence-electron chi connectivity index (χ1n) is 8.72. The number of amides is 1. The fourth-order valence-electron chi connectivity index (χ4n) is 2.98. The quantitative estimate of drug-likeness (QED) is 0.649. The molecule has 0 atom stereocenters. The standard InChI is InChI=1S/C18H19F3N6O2/c1-10-13(11(2)27-17(24-10)25-16(22)26-27)7-8-15(28)23-9-12-5-3-4-6-14(12)29-18(19,20)21/h3-6H,7-9H2,1-2H3,(H2,22,26)(H,23,28). The maximum absolute atomic E-state index is 12.5. The van der Waals surface area contributed by atoms with Gasteiger partial charge in [-0.25, -0.2) is 4.98 Å². The van der Waals surface area contributed by atoms with Gasteiger partial charge in [0.05, 0.1) is 0 Å². The minimum absolute atomic E-state index is 0.0834. The number of nitrogens with one attached hydrogen (secondary N) is 1. The Balaban J connectivity index is 1.64. The molecule has 2 aromatic heterocycles. The molecule has 11 heteroatoms. The van der Waals surface area contributed by atoms with E-state index in [1.165, 1.54) is 22.7 Å². The highest BCUT2D eigenvalue weighted by atomic mass is 19.4. The first kappa shape index (κ1) is 20.4. The zero-order valence-electron chi connectivity index (χ0n) is 15.7. The number of nitrogen functional groups attached to an aromatic ring is 1. The predicted octanol–water partition coefficient (Wildman–Crippen LogP) is 2.47. The molecule has 0 bridgehead atoms. The average Bonchev–Trinajstić information content (AvgIpc) is 3.00. The average molecular weight is 408 g/mol. The molecule has 3 N–H and O–H groups in total. The number of hydrogen-bond acceptors (Lipinski definition) is 6. The van der Waals surface area contributed by atoms with Crippen molar-refractivity contribution in [1.82, 2.24) is 24.9 Å². The van der Waals surface area contributed by atoms with Crippen LogP contribution in [0.4, 0.5) is 19.1 Å². The summed E-state index contributed by atoms with van der Waals surface area (Å²) in [6.45, 7) is 3.55. The van der Waals surface area contributed by atoms with Crippen LogP contribution in [0.2, 0.25) is 0 Å². The number of fused-ring (bicyclic) bond motifs is 1. The van der Waals surface area contributed by atoms with Crippen molar-refractivity contribution in [2.24, 2.45) is 0 Å². The van der Waals surface area contributed by atoms with Crippen LogP contribution in [-0.2, 0) is 17.8 Å². The van der Waals surface area contributed by atoms with Gasteiger partial charge in [-0.3, -0.25) is 4.79 Å². The molecule has 1 amide bonds. The van der Waals surface area contributed by atoms with Crippen molar-refractivity contribution in [3.05, 3.63) is 46.8 Å². The maximum Gasteiger partial charge on any atom is 0.573 e. The molecule has 2 heterocycles. The van der Waals surface area contributed by atoms with Crippen molar-refractivity contribution < 1.29 is 22.7 Å². The predicted molar refractivity (Wildman–Crippen MR) is 98.0 cm³/mol. The van der Waals surface area contributed by atoms with Crippen LogP contribution in [0.3, 0.4) is 0 Å². The van der Waals surface area contributed by atoms with E-state index >= 15 is 0 Å². The smallest absolute Gasteiger partial charge is 0.405 e. The molecule has 0 radical (unpaired) electrons. The molecule has 0 aliphatic heterocycles. The monoisotopic (exact) mass is 408 g/mol. The zero-order chi connectivity index (χ0) is 21.2. The summed E-state index contributed by atoms with van der Waals surface area (Å²) in [7, 11) is 0. The van der Waals surface area contributed by atoms with Gasteiger partial charge in [0.25, 0.3) is 5.78 Å². The molecular weight excluding hydrogens is 389 g/mol. The highest BCUT2D eigenvalue weighted by molar-refractivity contribution is 5.76. The van der Waals surface area contributed by atoms with Crippen LogP contribution in [-0.4, -0.2) is 31.9 Å². The molecule has 3 aromatic rings. The fraction of sp³-hybridized carbons (Fsp3) is 0.333.